The molecule has 0 nitrogen and oxygen atoms in total. The van der Waals surface area contributed by atoms with Gasteiger partial charge in [-0.05, 0) is 0 Å². The predicted octanol–water partition coefficient (Wildman–Crippen LogP) is 3.29. The Labute approximate surface area is 178 Å². The molecule has 0 bridgehead atoms. The topological polar surface area (TPSA) is 0 Å². The first-order chi connectivity index (χ1) is 12.7. The summed E-state index contributed by atoms with van der Waals surface area (Å²) < 4.78 is 7.77. The van der Waals surface area contributed by atoms with E-state index >= 15 is 0 Å². The second-order valence-corrected chi connectivity index (χ2v) is 42.4. The third kappa shape index (κ3) is 5.44. The maximum absolute atomic E-state index is 2.49. The standard InChI is InChI=1S/C18H13Se.6CH3.2Sn/c1-4-10-16(11-5-1)19(17-12-6-2-7-13-17)18-14-8-3-9-15-18;;;;;;;;/h1,4-15H;6*1H3;;/q+1;;;;;;;;. The van der Waals surface area contributed by atoms with Crippen LogP contribution < -0.4 is 20.5 Å². The molecule has 0 radical (unpaired) electrons. The fourth-order valence-electron chi connectivity index (χ4n) is 3.15. The van der Waals surface area contributed by atoms with Crippen molar-refractivity contribution in [1.82, 2.24) is 0 Å². The van der Waals surface area contributed by atoms with Gasteiger partial charge in [-0.1, -0.05) is 0 Å². The first-order valence-corrected chi connectivity index (χ1v) is 32.2. The molecule has 0 aromatic heterocycles. The number of hydrogen-bond acceptors (Lipinski definition) is 0. The molecule has 0 saturated heterocycles. The quantitative estimate of drug-likeness (QED) is 0.378. The van der Waals surface area contributed by atoms with Gasteiger partial charge < -0.3 is 0 Å². The van der Waals surface area contributed by atoms with Gasteiger partial charge in [0, 0.05) is 0 Å². The van der Waals surface area contributed by atoms with E-state index in [0.717, 1.165) is 0 Å². The van der Waals surface area contributed by atoms with Crippen LogP contribution in [0.3, 0.4) is 0 Å². The average Bonchev–Trinajstić information content (AvgIpc) is 2.62. The molecule has 27 heavy (non-hydrogen) atoms. The number of hydrogen-bond donors (Lipinski definition) is 0. The van der Waals surface area contributed by atoms with Gasteiger partial charge in [0.05, 0.1) is 0 Å². The zero-order valence-electron chi connectivity index (χ0n) is 17.4. The normalized spacial score (nSPS) is 12.4. The van der Waals surface area contributed by atoms with Gasteiger partial charge in [-0.3, -0.25) is 0 Å². The molecule has 0 aliphatic heterocycles. The van der Waals surface area contributed by atoms with E-state index in [1.165, 1.54) is 13.4 Å². The van der Waals surface area contributed by atoms with Crippen LogP contribution in [0.4, 0.5) is 0 Å². The van der Waals surface area contributed by atoms with Crippen molar-refractivity contribution in [3.05, 3.63) is 78.9 Å². The van der Waals surface area contributed by atoms with Crippen LogP contribution in [0.2, 0.25) is 29.6 Å². The summed E-state index contributed by atoms with van der Waals surface area (Å²) in [7, 11) is 0. The summed E-state index contributed by atoms with van der Waals surface area (Å²) in [5, 5.41) is 0. The molecule has 0 atom stereocenters. The number of benzene rings is 3. The average molecular weight is 636 g/mol. The van der Waals surface area contributed by atoms with Gasteiger partial charge >= 0.3 is 180 Å². The summed E-state index contributed by atoms with van der Waals surface area (Å²) in [4.78, 5) is 15.0. The molecule has 3 aromatic carbocycles. The first kappa shape index (κ1) is 21.5. The van der Waals surface area contributed by atoms with Crippen LogP contribution in [0.25, 0.3) is 0 Å². The molecule has 0 aliphatic rings. The van der Waals surface area contributed by atoms with Crippen LogP contribution in [-0.2, 0) is 0 Å². The Balaban J connectivity index is 2.05. The summed E-state index contributed by atoms with van der Waals surface area (Å²) >= 11 is -5.24. The third-order valence-electron chi connectivity index (χ3n) is 4.89. The fraction of sp³-hybridized carbons (Fsp3) is 0.250. The van der Waals surface area contributed by atoms with Gasteiger partial charge in [-0.2, -0.15) is 0 Å². The summed E-state index contributed by atoms with van der Waals surface area (Å²) in [5.74, 6) is 0. The van der Waals surface area contributed by atoms with Crippen LogP contribution in [0.1, 0.15) is 0 Å². The van der Waals surface area contributed by atoms with Gasteiger partial charge in [0.25, 0.3) is 0 Å². The Hall–Kier alpha value is -0.223. The minimum absolute atomic E-state index is 1.24. The molecule has 140 valence electrons. The van der Waals surface area contributed by atoms with Crippen LogP contribution in [0.15, 0.2) is 78.9 Å². The van der Waals surface area contributed by atoms with Gasteiger partial charge in [0.2, 0.25) is 0 Å². The molecular weight excluding hydrogens is 605 g/mol. The predicted molar refractivity (Wildman–Crippen MR) is 130 cm³/mol. The van der Waals surface area contributed by atoms with Crippen molar-refractivity contribution in [3.63, 3.8) is 0 Å². The summed E-state index contributed by atoms with van der Waals surface area (Å²) in [6.45, 7) is 0. The van der Waals surface area contributed by atoms with Crippen molar-refractivity contribution in [2.75, 3.05) is 0 Å². The van der Waals surface area contributed by atoms with Crippen molar-refractivity contribution in [2.45, 2.75) is 29.6 Å². The fourth-order valence-corrected chi connectivity index (χ4v) is 14.1. The van der Waals surface area contributed by atoms with Crippen molar-refractivity contribution < 1.29 is 0 Å². The van der Waals surface area contributed by atoms with Crippen LogP contribution in [0.5, 0.6) is 0 Å². The summed E-state index contributed by atoms with van der Waals surface area (Å²) in [5.41, 5.74) is 0. The van der Waals surface area contributed by atoms with Crippen molar-refractivity contribution in [3.8, 4) is 0 Å². The monoisotopic (exact) mass is 639 g/mol. The first-order valence-electron chi connectivity index (χ1n) is 9.67. The zero-order chi connectivity index (χ0) is 19.7. The van der Waals surface area contributed by atoms with Gasteiger partial charge in [-0.25, -0.2) is 0 Å². The Kier molecular flexibility index (Phi) is 6.88. The van der Waals surface area contributed by atoms with E-state index in [2.05, 4.69) is 109 Å². The molecule has 3 aromatic rings. The molecule has 3 heteroatoms. The van der Waals surface area contributed by atoms with Gasteiger partial charge in [-0.15, -0.1) is 0 Å². The van der Waals surface area contributed by atoms with Gasteiger partial charge in [0.1, 0.15) is 0 Å². The molecule has 0 N–H and O–H groups in total. The molecule has 0 heterocycles. The molecule has 0 spiro atoms. The molecule has 0 unspecified atom stereocenters. The van der Waals surface area contributed by atoms with E-state index < -0.39 is 50.7 Å². The summed E-state index contributed by atoms with van der Waals surface area (Å²) in [6, 6.07) is 30.5. The van der Waals surface area contributed by atoms with Crippen LogP contribution in [-0.4, -0.2) is 50.7 Å². The molecular formula is C24H31SeSn2+. The van der Waals surface area contributed by atoms with Crippen molar-refractivity contribution in [1.29, 1.82) is 0 Å². The van der Waals surface area contributed by atoms with E-state index in [9.17, 15) is 0 Å². The SMILES string of the molecule is [CH3][Sn]([CH3])([CH3])[c]1ccc([Se+](c2ccccc2)c2cc[c]([Sn]([CH3])([CH3])[CH3])cc2)cc1. The Morgan fingerprint density at radius 2 is 0.778 bits per heavy atom. The van der Waals surface area contributed by atoms with E-state index in [-0.39, 0.29) is 0 Å². The molecule has 3 rings (SSSR count). The van der Waals surface area contributed by atoms with E-state index in [1.807, 2.05) is 0 Å². The molecule has 0 amide bonds. The van der Waals surface area contributed by atoms with Gasteiger partial charge in [0.15, 0.2) is 0 Å². The second-order valence-electron chi connectivity index (χ2n) is 9.17. The van der Waals surface area contributed by atoms with E-state index in [4.69, 9.17) is 0 Å². The third-order valence-corrected chi connectivity index (χ3v) is 21.4. The van der Waals surface area contributed by atoms with E-state index in [1.54, 1.807) is 7.16 Å². The van der Waals surface area contributed by atoms with Crippen LogP contribution >= 0.6 is 0 Å². The second kappa shape index (κ2) is 8.65. The molecule has 0 saturated carbocycles. The Morgan fingerprint density at radius 3 is 1.11 bits per heavy atom. The van der Waals surface area contributed by atoms with E-state index in [0.29, 0.717) is 0 Å². The minimum atomic E-state index is -2.00. The summed E-state index contributed by atoms with van der Waals surface area (Å²) in [6.07, 6.45) is 0. The zero-order valence-corrected chi connectivity index (χ0v) is 24.8. The van der Waals surface area contributed by atoms with Crippen molar-refractivity contribution in [2.24, 2.45) is 0 Å². The van der Waals surface area contributed by atoms with Crippen LogP contribution in [0, 0.1) is 0 Å². The maximum atomic E-state index is 2.49. The number of rotatable bonds is 5. The molecule has 0 fully saturated rings. The van der Waals surface area contributed by atoms with Crippen molar-refractivity contribution >= 4 is 71.2 Å². The molecule has 0 aliphatic carbocycles. The Morgan fingerprint density at radius 1 is 0.444 bits per heavy atom. The Bertz CT molecular complexity index is 813.